The molecule has 1 rings (SSSR count). The van der Waals surface area contributed by atoms with Crippen LogP contribution in [0.15, 0.2) is 0 Å². The SMILES string of the molecule is COCCc1c(C(=O)OC)nnn1CCOCCO. The van der Waals surface area contributed by atoms with Crippen LogP contribution >= 0.6 is 0 Å². The molecule has 1 aromatic heterocycles. The molecule has 8 heteroatoms. The van der Waals surface area contributed by atoms with Crippen molar-refractivity contribution in [2.75, 3.05) is 40.6 Å². The molecule has 0 aliphatic carbocycles. The summed E-state index contributed by atoms with van der Waals surface area (Å²) in [5.74, 6) is -0.520. The van der Waals surface area contributed by atoms with Gasteiger partial charge in [0.05, 0.1) is 45.8 Å². The summed E-state index contributed by atoms with van der Waals surface area (Å²) < 4.78 is 16.4. The predicted octanol–water partition coefficient (Wildman–Crippen LogP) is -0.737. The first-order valence-corrected chi connectivity index (χ1v) is 5.92. The number of aliphatic hydroxyl groups is 1. The van der Waals surface area contributed by atoms with Gasteiger partial charge in [0.25, 0.3) is 0 Å². The summed E-state index contributed by atoms with van der Waals surface area (Å²) in [6.45, 7) is 1.52. The number of hydrogen-bond acceptors (Lipinski definition) is 7. The first-order chi connectivity index (χ1) is 9.24. The fourth-order valence-corrected chi connectivity index (χ4v) is 1.53. The largest absolute Gasteiger partial charge is 0.464 e. The van der Waals surface area contributed by atoms with Crippen molar-refractivity contribution in [1.82, 2.24) is 15.0 Å². The molecule has 0 aliphatic heterocycles. The Labute approximate surface area is 111 Å². The van der Waals surface area contributed by atoms with E-state index < -0.39 is 5.97 Å². The van der Waals surface area contributed by atoms with E-state index in [0.717, 1.165) is 0 Å². The Morgan fingerprint density at radius 3 is 2.74 bits per heavy atom. The molecule has 0 aromatic carbocycles. The third-order valence-electron chi connectivity index (χ3n) is 2.44. The van der Waals surface area contributed by atoms with Gasteiger partial charge in [0, 0.05) is 13.5 Å². The Morgan fingerprint density at radius 1 is 1.32 bits per heavy atom. The summed E-state index contributed by atoms with van der Waals surface area (Å²) in [6.07, 6.45) is 0.508. The van der Waals surface area contributed by atoms with E-state index in [9.17, 15) is 4.79 Å². The van der Waals surface area contributed by atoms with Crippen LogP contribution in [0.2, 0.25) is 0 Å². The highest BCUT2D eigenvalue weighted by Gasteiger charge is 2.19. The molecule has 8 nitrogen and oxygen atoms in total. The quantitative estimate of drug-likeness (QED) is 0.467. The van der Waals surface area contributed by atoms with Gasteiger partial charge in [-0.25, -0.2) is 9.48 Å². The second kappa shape index (κ2) is 8.57. The van der Waals surface area contributed by atoms with Crippen molar-refractivity contribution >= 4 is 5.97 Å². The lowest BCUT2D eigenvalue weighted by atomic mass is 10.2. The summed E-state index contributed by atoms with van der Waals surface area (Å²) in [5, 5.41) is 16.3. The number of ether oxygens (including phenoxy) is 3. The van der Waals surface area contributed by atoms with Crippen LogP contribution in [0.25, 0.3) is 0 Å². The molecular weight excluding hydrogens is 254 g/mol. The van der Waals surface area contributed by atoms with Gasteiger partial charge < -0.3 is 19.3 Å². The van der Waals surface area contributed by atoms with Gasteiger partial charge in [-0.15, -0.1) is 5.10 Å². The van der Waals surface area contributed by atoms with E-state index in [0.29, 0.717) is 31.9 Å². The standard InChI is InChI=1S/C11H19N3O5/c1-17-6-3-9-10(11(16)18-2)12-13-14(9)4-7-19-8-5-15/h15H,3-8H2,1-2H3. The van der Waals surface area contributed by atoms with E-state index >= 15 is 0 Å². The normalized spacial score (nSPS) is 10.7. The molecule has 0 unspecified atom stereocenters. The number of rotatable bonds is 9. The molecule has 0 spiro atoms. The summed E-state index contributed by atoms with van der Waals surface area (Å²) >= 11 is 0. The summed E-state index contributed by atoms with van der Waals surface area (Å²) in [5.41, 5.74) is 0.850. The van der Waals surface area contributed by atoms with Crippen LogP contribution in [0, 0.1) is 0 Å². The van der Waals surface area contributed by atoms with Gasteiger partial charge in [-0.05, 0) is 0 Å². The molecule has 0 saturated heterocycles. The van der Waals surface area contributed by atoms with Crippen LogP contribution in [0.5, 0.6) is 0 Å². The lowest BCUT2D eigenvalue weighted by molar-refractivity contribution is 0.0591. The maximum atomic E-state index is 11.5. The summed E-state index contributed by atoms with van der Waals surface area (Å²) in [7, 11) is 2.88. The highest BCUT2D eigenvalue weighted by atomic mass is 16.5. The molecule has 108 valence electrons. The highest BCUT2D eigenvalue weighted by Crippen LogP contribution is 2.08. The van der Waals surface area contributed by atoms with Crippen molar-refractivity contribution < 1.29 is 24.1 Å². The number of aliphatic hydroxyl groups excluding tert-OH is 1. The molecule has 0 aliphatic rings. The predicted molar refractivity (Wildman–Crippen MR) is 64.8 cm³/mol. The summed E-state index contributed by atoms with van der Waals surface area (Å²) in [6, 6.07) is 0. The molecule has 0 saturated carbocycles. The number of carbonyl (C=O) groups excluding carboxylic acids is 1. The minimum Gasteiger partial charge on any atom is -0.464 e. The third-order valence-corrected chi connectivity index (χ3v) is 2.44. The van der Waals surface area contributed by atoms with Gasteiger partial charge in [-0.3, -0.25) is 0 Å². The maximum Gasteiger partial charge on any atom is 0.360 e. The number of carbonyl (C=O) groups is 1. The van der Waals surface area contributed by atoms with Crippen molar-refractivity contribution in [3.63, 3.8) is 0 Å². The minimum absolute atomic E-state index is 0.0265. The number of esters is 1. The highest BCUT2D eigenvalue weighted by molar-refractivity contribution is 5.88. The number of aromatic nitrogens is 3. The van der Waals surface area contributed by atoms with Gasteiger partial charge in [0.1, 0.15) is 0 Å². The number of nitrogens with zero attached hydrogens (tertiary/aromatic N) is 3. The van der Waals surface area contributed by atoms with Crippen LogP contribution in [0.1, 0.15) is 16.2 Å². The molecule has 1 N–H and O–H groups in total. The van der Waals surface area contributed by atoms with Crippen molar-refractivity contribution in [3.8, 4) is 0 Å². The van der Waals surface area contributed by atoms with Crippen LogP contribution in [-0.2, 0) is 27.2 Å². The molecule has 0 bridgehead atoms. The van der Waals surface area contributed by atoms with E-state index in [1.807, 2.05) is 0 Å². The Hall–Kier alpha value is -1.51. The summed E-state index contributed by atoms with van der Waals surface area (Å²) in [4.78, 5) is 11.5. The molecule has 0 atom stereocenters. The van der Waals surface area contributed by atoms with E-state index in [4.69, 9.17) is 14.6 Å². The van der Waals surface area contributed by atoms with Crippen LogP contribution in [0.3, 0.4) is 0 Å². The Balaban J connectivity index is 2.72. The van der Waals surface area contributed by atoms with Crippen molar-refractivity contribution in [1.29, 1.82) is 0 Å². The van der Waals surface area contributed by atoms with Crippen LogP contribution in [-0.4, -0.2) is 66.7 Å². The topological polar surface area (TPSA) is 95.7 Å². The van der Waals surface area contributed by atoms with E-state index in [-0.39, 0.29) is 18.9 Å². The molecule has 0 amide bonds. The second-order valence-electron chi connectivity index (χ2n) is 3.68. The molecule has 1 heterocycles. The first-order valence-electron chi connectivity index (χ1n) is 5.92. The van der Waals surface area contributed by atoms with Crippen LogP contribution < -0.4 is 0 Å². The minimum atomic E-state index is -0.520. The zero-order valence-corrected chi connectivity index (χ0v) is 11.2. The van der Waals surface area contributed by atoms with E-state index in [1.165, 1.54) is 7.11 Å². The fraction of sp³-hybridized carbons (Fsp3) is 0.727. The lowest BCUT2D eigenvalue weighted by Gasteiger charge is -2.07. The third kappa shape index (κ3) is 4.58. The average molecular weight is 273 g/mol. The van der Waals surface area contributed by atoms with Gasteiger partial charge in [0.2, 0.25) is 0 Å². The van der Waals surface area contributed by atoms with Crippen LogP contribution in [0.4, 0.5) is 0 Å². The number of methoxy groups -OCH3 is 2. The molecule has 19 heavy (non-hydrogen) atoms. The average Bonchev–Trinajstić information content (AvgIpc) is 2.83. The van der Waals surface area contributed by atoms with E-state index in [2.05, 4.69) is 15.0 Å². The zero-order valence-electron chi connectivity index (χ0n) is 11.2. The fourth-order valence-electron chi connectivity index (χ4n) is 1.53. The molecule has 0 radical (unpaired) electrons. The Bertz CT molecular complexity index is 394. The van der Waals surface area contributed by atoms with E-state index in [1.54, 1.807) is 11.8 Å². The van der Waals surface area contributed by atoms with Gasteiger partial charge in [0.15, 0.2) is 5.69 Å². The van der Waals surface area contributed by atoms with Crippen molar-refractivity contribution in [2.45, 2.75) is 13.0 Å². The number of hydrogen-bond donors (Lipinski definition) is 1. The van der Waals surface area contributed by atoms with Crippen molar-refractivity contribution in [3.05, 3.63) is 11.4 Å². The van der Waals surface area contributed by atoms with Gasteiger partial charge in [-0.1, -0.05) is 5.21 Å². The monoisotopic (exact) mass is 273 g/mol. The van der Waals surface area contributed by atoms with Crippen molar-refractivity contribution in [2.24, 2.45) is 0 Å². The molecular formula is C11H19N3O5. The zero-order chi connectivity index (χ0) is 14.1. The second-order valence-corrected chi connectivity index (χ2v) is 3.68. The lowest BCUT2D eigenvalue weighted by Crippen LogP contribution is -2.15. The first kappa shape index (κ1) is 15.5. The Morgan fingerprint density at radius 2 is 2.11 bits per heavy atom. The molecule has 1 aromatic rings. The maximum absolute atomic E-state index is 11.5. The van der Waals surface area contributed by atoms with Gasteiger partial charge >= 0.3 is 5.97 Å². The van der Waals surface area contributed by atoms with Gasteiger partial charge in [-0.2, -0.15) is 0 Å². The smallest absolute Gasteiger partial charge is 0.360 e. The Kier molecular flexibility index (Phi) is 7.01. The molecule has 0 fully saturated rings.